The SMILES string of the molecule is CCOc1ccc(-c2ncc(CN)cn2)cc1. The van der Waals surface area contributed by atoms with Gasteiger partial charge in [-0.15, -0.1) is 0 Å². The fraction of sp³-hybridized carbons (Fsp3) is 0.231. The molecule has 2 rings (SSSR count). The second-order valence-electron chi connectivity index (χ2n) is 3.58. The van der Waals surface area contributed by atoms with Crippen molar-refractivity contribution in [2.24, 2.45) is 5.73 Å². The van der Waals surface area contributed by atoms with Crippen LogP contribution in [0.1, 0.15) is 12.5 Å². The third-order valence-electron chi connectivity index (χ3n) is 2.36. The maximum atomic E-state index is 5.50. The largest absolute Gasteiger partial charge is 0.494 e. The molecular formula is C13H15N3O. The fourth-order valence-corrected chi connectivity index (χ4v) is 1.48. The predicted octanol–water partition coefficient (Wildman–Crippen LogP) is 2.00. The van der Waals surface area contributed by atoms with Crippen molar-refractivity contribution in [1.29, 1.82) is 0 Å². The molecule has 0 radical (unpaired) electrons. The Balaban J connectivity index is 2.20. The molecule has 88 valence electrons. The van der Waals surface area contributed by atoms with Crippen LogP contribution in [-0.2, 0) is 6.54 Å². The molecule has 0 aliphatic rings. The van der Waals surface area contributed by atoms with Crippen LogP contribution in [0.5, 0.6) is 5.75 Å². The first-order valence-corrected chi connectivity index (χ1v) is 5.57. The monoisotopic (exact) mass is 229 g/mol. The van der Waals surface area contributed by atoms with Crippen molar-refractivity contribution in [3.63, 3.8) is 0 Å². The quantitative estimate of drug-likeness (QED) is 0.871. The van der Waals surface area contributed by atoms with Gasteiger partial charge in [-0.05, 0) is 31.2 Å². The van der Waals surface area contributed by atoms with Gasteiger partial charge in [0.15, 0.2) is 5.82 Å². The molecule has 4 nitrogen and oxygen atoms in total. The van der Waals surface area contributed by atoms with Crippen LogP contribution in [0, 0.1) is 0 Å². The van der Waals surface area contributed by atoms with E-state index in [2.05, 4.69) is 9.97 Å². The van der Waals surface area contributed by atoms with E-state index in [4.69, 9.17) is 10.5 Å². The zero-order chi connectivity index (χ0) is 12.1. The van der Waals surface area contributed by atoms with Gasteiger partial charge in [0.2, 0.25) is 0 Å². The van der Waals surface area contributed by atoms with Crippen LogP contribution in [0.4, 0.5) is 0 Å². The molecule has 2 N–H and O–H groups in total. The number of ether oxygens (including phenoxy) is 1. The normalized spacial score (nSPS) is 10.2. The molecule has 2 aromatic rings. The maximum absolute atomic E-state index is 5.50. The van der Waals surface area contributed by atoms with Gasteiger partial charge in [-0.25, -0.2) is 9.97 Å². The lowest BCUT2D eigenvalue weighted by Crippen LogP contribution is -1.99. The van der Waals surface area contributed by atoms with Crippen LogP contribution in [0.25, 0.3) is 11.4 Å². The van der Waals surface area contributed by atoms with E-state index in [1.165, 1.54) is 0 Å². The Kier molecular flexibility index (Phi) is 3.67. The summed E-state index contributed by atoms with van der Waals surface area (Å²) in [6, 6.07) is 7.73. The van der Waals surface area contributed by atoms with Gasteiger partial charge in [0.25, 0.3) is 0 Å². The van der Waals surface area contributed by atoms with E-state index < -0.39 is 0 Å². The second kappa shape index (κ2) is 5.41. The van der Waals surface area contributed by atoms with Gasteiger partial charge in [-0.2, -0.15) is 0 Å². The molecule has 17 heavy (non-hydrogen) atoms. The van der Waals surface area contributed by atoms with E-state index in [-0.39, 0.29) is 0 Å². The lowest BCUT2D eigenvalue weighted by molar-refractivity contribution is 0.340. The molecule has 4 heteroatoms. The summed E-state index contributed by atoms with van der Waals surface area (Å²) < 4.78 is 5.38. The van der Waals surface area contributed by atoms with E-state index in [0.29, 0.717) is 19.0 Å². The van der Waals surface area contributed by atoms with Crippen molar-refractivity contribution in [1.82, 2.24) is 9.97 Å². The number of rotatable bonds is 4. The van der Waals surface area contributed by atoms with Crippen molar-refractivity contribution >= 4 is 0 Å². The van der Waals surface area contributed by atoms with Crippen LogP contribution in [0.3, 0.4) is 0 Å². The number of hydrogen-bond donors (Lipinski definition) is 1. The molecule has 0 aliphatic carbocycles. The first-order valence-electron chi connectivity index (χ1n) is 5.57. The number of nitrogens with zero attached hydrogens (tertiary/aromatic N) is 2. The fourth-order valence-electron chi connectivity index (χ4n) is 1.48. The zero-order valence-corrected chi connectivity index (χ0v) is 9.76. The van der Waals surface area contributed by atoms with E-state index >= 15 is 0 Å². The zero-order valence-electron chi connectivity index (χ0n) is 9.76. The van der Waals surface area contributed by atoms with Crippen molar-refractivity contribution in [2.45, 2.75) is 13.5 Å². The lowest BCUT2D eigenvalue weighted by Gasteiger charge is -2.04. The molecule has 0 saturated heterocycles. The van der Waals surface area contributed by atoms with Crippen molar-refractivity contribution in [3.8, 4) is 17.1 Å². The molecule has 0 fully saturated rings. The molecule has 1 aromatic heterocycles. The Morgan fingerprint density at radius 3 is 2.29 bits per heavy atom. The Morgan fingerprint density at radius 2 is 1.76 bits per heavy atom. The molecule has 1 aromatic carbocycles. The first-order chi connectivity index (χ1) is 8.33. The van der Waals surface area contributed by atoms with Crippen molar-refractivity contribution in [2.75, 3.05) is 6.61 Å². The summed E-state index contributed by atoms with van der Waals surface area (Å²) >= 11 is 0. The predicted molar refractivity (Wildman–Crippen MR) is 66.5 cm³/mol. The molecule has 0 saturated carbocycles. The Labute approximate surface area is 100 Å². The molecule has 0 unspecified atom stereocenters. The highest BCUT2D eigenvalue weighted by Gasteiger charge is 2.01. The highest BCUT2D eigenvalue weighted by Crippen LogP contribution is 2.18. The molecule has 0 atom stereocenters. The number of nitrogens with two attached hydrogens (primary N) is 1. The number of benzene rings is 1. The van der Waals surface area contributed by atoms with E-state index in [1.807, 2.05) is 31.2 Å². The second-order valence-corrected chi connectivity index (χ2v) is 3.58. The van der Waals surface area contributed by atoms with Gasteiger partial charge in [-0.1, -0.05) is 0 Å². The van der Waals surface area contributed by atoms with Gasteiger partial charge in [-0.3, -0.25) is 0 Å². The topological polar surface area (TPSA) is 61.0 Å². The summed E-state index contributed by atoms with van der Waals surface area (Å²) in [7, 11) is 0. The van der Waals surface area contributed by atoms with Crippen LogP contribution in [0.15, 0.2) is 36.7 Å². The van der Waals surface area contributed by atoms with Gasteiger partial charge in [0, 0.05) is 30.1 Å². The third kappa shape index (κ3) is 2.79. The number of hydrogen-bond acceptors (Lipinski definition) is 4. The summed E-state index contributed by atoms with van der Waals surface area (Å²) in [6.45, 7) is 3.09. The highest BCUT2D eigenvalue weighted by molar-refractivity contribution is 5.55. The van der Waals surface area contributed by atoms with E-state index in [9.17, 15) is 0 Å². The van der Waals surface area contributed by atoms with Crippen molar-refractivity contribution in [3.05, 3.63) is 42.2 Å². The Hall–Kier alpha value is -1.94. The van der Waals surface area contributed by atoms with Gasteiger partial charge >= 0.3 is 0 Å². The standard InChI is InChI=1S/C13H15N3O/c1-2-17-12-5-3-11(4-6-12)13-15-8-10(7-14)9-16-13/h3-6,8-9H,2,7,14H2,1H3. The summed E-state index contributed by atoms with van der Waals surface area (Å²) in [4.78, 5) is 8.53. The van der Waals surface area contributed by atoms with Crippen LogP contribution in [0.2, 0.25) is 0 Å². The summed E-state index contributed by atoms with van der Waals surface area (Å²) in [5.74, 6) is 1.56. The maximum Gasteiger partial charge on any atom is 0.159 e. The van der Waals surface area contributed by atoms with Crippen molar-refractivity contribution < 1.29 is 4.74 Å². The average molecular weight is 229 g/mol. The summed E-state index contributed by atoms with van der Waals surface area (Å²) in [6.07, 6.45) is 3.50. The highest BCUT2D eigenvalue weighted by atomic mass is 16.5. The van der Waals surface area contributed by atoms with Crippen LogP contribution in [-0.4, -0.2) is 16.6 Å². The molecule has 0 amide bonds. The molecular weight excluding hydrogens is 214 g/mol. The van der Waals surface area contributed by atoms with Gasteiger partial charge in [0.05, 0.1) is 6.61 Å². The Morgan fingerprint density at radius 1 is 1.12 bits per heavy atom. The lowest BCUT2D eigenvalue weighted by atomic mass is 10.2. The average Bonchev–Trinajstić information content (AvgIpc) is 2.40. The smallest absolute Gasteiger partial charge is 0.159 e. The third-order valence-corrected chi connectivity index (χ3v) is 2.36. The Bertz CT molecular complexity index is 465. The molecule has 0 bridgehead atoms. The summed E-state index contributed by atoms with van der Waals surface area (Å²) in [5.41, 5.74) is 7.39. The summed E-state index contributed by atoms with van der Waals surface area (Å²) in [5, 5.41) is 0. The minimum Gasteiger partial charge on any atom is -0.494 e. The minimum atomic E-state index is 0.462. The molecule has 0 aliphatic heterocycles. The van der Waals surface area contributed by atoms with E-state index in [1.54, 1.807) is 12.4 Å². The van der Waals surface area contributed by atoms with E-state index in [0.717, 1.165) is 16.9 Å². The van der Waals surface area contributed by atoms with Gasteiger partial charge < -0.3 is 10.5 Å². The molecule has 0 spiro atoms. The van der Waals surface area contributed by atoms with Gasteiger partial charge in [0.1, 0.15) is 5.75 Å². The molecule has 1 heterocycles. The first kappa shape index (κ1) is 11.5. The number of aromatic nitrogens is 2. The minimum absolute atomic E-state index is 0.462. The van der Waals surface area contributed by atoms with Crippen LogP contribution >= 0.6 is 0 Å². The van der Waals surface area contributed by atoms with Crippen LogP contribution < -0.4 is 10.5 Å².